The maximum Gasteiger partial charge on any atom is 0.329 e. The van der Waals surface area contributed by atoms with E-state index in [-0.39, 0.29) is 28.1 Å². The van der Waals surface area contributed by atoms with Gasteiger partial charge in [0, 0.05) is 11.3 Å². The number of amides is 4. The van der Waals surface area contributed by atoms with Crippen LogP contribution >= 0.6 is 23.2 Å². The zero-order valence-corrected chi connectivity index (χ0v) is 21.2. The number of carbonyl (C=O) groups is 3. The molecule has 0 aliphatic carbocycles. The van der Waals surface area contributed by atoms with Gasteiger partial charge < -0.3 is 15.4 Å². The molecular formula is C27H22Cl2FN3O4. The number of carbonyl (C=O) groups excluding carboxylic acids is 3. The number of hydrogen-bond acceptors (Lipinski definition) is 4. The van der Waals surface area contributed by atoms with Crippen molar-refractivity contribution in [3.05, 3.63) is 98.9 Å². The van der Waals surface area contributed by atoms with Crippen molar-refractivity contribution in [1.29, 1.82) is 0 Å². The molecule has 0 unspecified atom stereocenters. The molecule has 0 atom stereocenters. The van der Waals surface area contributed by atoms with Crippen LogP contribution in [0.3, 0.4) is 0 Å². The molecule has 3 aromatic rings. The summed E-state index contributed by atoms with van der Waals surface area (Å²) in [7, 11) is 0. The van der Waals surface area contributed by atoms with Gasteiger partial charge in [-0.15, -0.1) is 0 Å². The highest BCUT2D eigenvalue weighted by molar-refractivity contribution is 6.37. The first-order valence-corrected chi connectivity index (χ1v) is 12.1. The number of halogens is 3. The van der Waals surface area contributed by atoms with Gasteiger partial charge in [0.25, 0.3) is 5.91 Å². The van der Waals surface area contributed by atoms with Crippen LogP contribution in [0, 0.1) is 5.82 Å². The molecule has 4 rings (SSSR count). The van der Waals surface area contributed by atoms with Crippen LogP contribution in [-0.2, 0) is 22.6 Å². The second-order valence-electron chi connectivity index (χ2n) is 8.13. The zero-order valence-electron chi connectivity index (χ0n) is 19.7. The van der Waals surface area contributed by atoms with E-state index in [0.29, 0.717) is 23.2 Å². The first-order chi connectivity index (χ1) is 17.8. The number of nitrogens with zero attached hydrogens (tertiary/aromatic N) is 1. The molecule has 7 nitrogen and oxygen atoms in total. The second-order valence-corrected chi connectivity index (χ2v) is 8.95. The number of benzene rings is 3. The lowest BCUT2D eigenvalue weighted by Crippen LogP contribution is -2.38. The Kier molecular flexibility index (Phi) is 8.11. The number of aryl methyl sites for hydroxylation is 1. The average molecular weight is 542 g/mol. The van der Waals surface area contributed by atoms with Crippen molar-refractivity contribution in [2.24, 2.45) is 0 Å². The number of rotatable bonds is 8. The van der Waals surface area contributed by atoms with Crippen LogP contribution in [0.5, 0.6) is 5.75 Å². The molecule has 4 amide bonds. The molecule has 1 aliphatic rings. The lowest BCUT2D eigenvalue weighted by atomic mass is 10.1. The summed E-state index contributed by atoms with van der Waals surface area (Å²) < 4.78 is 19.5. The van der Waals surface area contributed by atoms with E-state index in [4.69, 9.17) is 27.9 Å². The van der Waals surface area contributed by atoms with Crippen LogP contribution < -0.4 is 15.4 Å². The summed E-state index contributed by atoms with van der Waals surface area (Å²) >= 11 is 12.6. The van der Waals surface area contributed by atoms with Gasteiger partial charge in [-0.2, -0.15) is 0 Å². The van der Waals surface area contributed by atoms with Gasteiger partial charge in [0.2, 0.25) is 5.91 Å². The zero-order chi connectivity index (χ0) is 26.5. The van der Waals surface area contributed by atoms with Gasteiger partial charge in [0.15, 0.2) is 5.75 Å². The molecule has 1 aliphatic heterocycles. The number of anilines is 1. The third-order valence-electron chi connectivity index (χ3n) is 5.60. The number of hydrogen-bond donors (Lipinski definition) is 2. The third-order valence-corrected chi connectivity index (χ3v) is 6.16. The van der Waals surface area contributed by atoms with Crippen LogP contribution in [0.2, 0.25) is 10.0 Å². The first kappa shape index (κ1) is 26.2. The van der Waals surface area contributed by atoms with E-state index in [1.165, 1.54) is 24.3 Å². The maximum absolute atomic E-state index is 13.9. The van der Waals surface area contributed by atoms with Crippen molar-refractivity contribution in [3.63, 3.8) is 0 Å². The summed E-state index contributed by atoms with van der Waals surface area (Å²) in [6.07, 6.45) is 2.10. The van der Waals surface area contributed by atoms with E-state index in [9.17, 15) is 18.8 Å². The monoisotopic (exact) mass is 541 g/mol. The molecule has 10 heteroatoms. The molecule has 0 spiro atoms. The highest BCUT2D eigenvalue weighted by Crippen LogP contribution is 2.35. The van der Waals surface area contributed by atoms with Crippen LogP contribution in [0.1, 0.15) is 23.6 Å². The van der Waals surface area contributed by atoms with Crippen molar-refractivity contribution in [3.8, 4) is 5.75 Å². The van der Waals surface area contributed by atoms with Gasteiger partial charge >= 0.3 is 6.03 Å². The Labute approximate surface area is 222 Å². The molecule has 1 heterocycles. The van der Waals surface area contributed by atoms with Gasteiger partial charge in [-0.25, -0.2) is 14.1 Å². The lowest BCUT2D eigenvalue weighted by molar-refractivity contribution is -0.127. The molecule has 3 aromatic carbocycles. The van der Waals surface area contributed by atoms with Gasteiger partial charge in [-0.3, -0.25) is 9.59 Å². The topological polar surface area (TPSA) is 87.7 Å². The van der Waals surface area contributed by atoms with Gasteiger partial charge in [0.05, 0.1) is 10.0 Å². The van der Waals surface area contributed by atoms with Crippen molar-refractivity contribution in [2.75, 3.05) is 11.9 Å². The standard InChI is InChI=1S/C27H22Cl2FN3O4/c1-2-17-7-4-6-10-22(17)31-24(34)14-33-26(35)23(32-27(33)36)13-16-11-19(28)25(20(29)12-16)37-15-18-8-3-5-9-21(18)30/h3-13H,2,14-15H2,1H3,(H,31,34)(H,32,36)/b23-13+. The first-order valence-electron chi connectivity index (χ1n) is 11.3. The smallest absolute Gasteiger partial charge is 0.329 e. The molecule has 190 valence electrons. The Morgan fingerprint density at radius 2 is 1.70 bits per heavy atom. The van der Waals surface area contributed by atoms with E-state index in [0.717, 1.165) is 10.5 Å². The number of para-hydroxylation sites is 1. The summed E-state index contributed by atoms with van der Waals surface area (Å²) in [5.74, 6) is -1.44. The van der Waals surface area contributed by atoms with Crippen LogP contribution in [0.25, 0.3) is 6.08 Å². The Morgan fingerprint density at radius 1 is 1.05 bits per heavy atom. The molecular weight excluding hydrogens is 520 g/mol. The Bertz CT molecular complexity index is 1390. The van der Waals surface area contributed by atoms with E-state index in [2.05, 4.69) is 10.6 Å². The summed E-state index contributed by atoms with van der Waals surface area (Å²) in [5.41, 5.74) is 2.27. The minimum absolute atomic E-state index is 0.0427. The maximum atomic E-state index is 13.9. The fourth-order valence-corrected chi connectivity index (χ4v) is 4.34. The van der Waals surface area contributed by atoms with Crippen molar-refractivity contribution < 1.29 is 23.5 Å². The fraction of sp³-hybridized carbons (Fsp3) is 0.148. The van der Waals surface area contributed by atoms with E-state index >= 15 is 0 Å². The molecule has 0 radical (unpaired) electrons. The Balaban J connectivity index is 1.45. The molecule has 0 saturated carbocycles. The number of ether oxygens (including phenoxy) is 1. The predicted molar refractivity (Wildman–Crippen MR) is 140 cm³/mol. The average Bonchev–Trinajstić information content (AvgIpc) is 3.12. The molecule has 1 fully saturated rings. The number of urea groups is 1. The predicted octanol–water partition coefficient (Wildman–Crippen LogP) is 5.81. The lowest BCUT2D eigenvalue weighted by Gasteiger charge is -2.13. The SMILES string of the molecule is CCc1ccccc1NC(=O)CN1C(=O)N/C(=C/c2cc(Cl)c(OCc3ccccc3F)c(Cl)c2)C1=O. The van der Waals surface area contributed by atoms with Crippen LogP contribution in [-0.4, -0.2) is 29.3 Å². The summed E-state index contributed by atoms with van der Waals surface area (Å²) in [4.78, 5) is 38.6. The second kappa shape index (κ2) is 11.5. The highest BCUT2D eigenvalue weighted by Gasteiger charge is 2.35. The number of nitrogens with one attached hydrogen (secondary N) is 2. The van der Waals surface area contributed by atoms with E-state index in [1.54, 1.807) is 30.3 Å². The molecule has 0 bridgehead atoms. The summed E-state index contributed by atoms with van der Waals surface area (Å²) in [6, 6.07) is 15.7. The Morgan fingerprint density at radius 3 is 2.38 bits per heavy atom. The largest absolute Gasteiger partial charge is 0.486 e. The van der Waals surface area contributed by atoms with Crippen LogP contribution in [0.4, 0.5) is 14.9 Å². The molecule has 2 N–H and O–H groups in total. The van der Waals surface area contributed by atoms with Crippen molar-refractivity contribution in [1.82, 2.24) is 10.2 Å². The van der Waals surface area contributed by atoms with Gasteiger partial charge in [-0.05, 0) is 47.9 Å². The Hall–Kier alpha value is -3.88. The van der Waals surface area contributed by atoms with E-state index < -0.39 is 30.2 Å². The summed E-state index contributed by atoms with van der Waals surface area (Å²) in [5, 5.41) is 5.47. The van der Waals surface area contributed by atoms with Gasteiger partial charge in [-0.1, -0.05) is 66.5 Å². The molecule has 37 heavy (non-hydrogen) atoms. The normalized spacial score (nSPS) is 14.2. The van der Waals surface area contributed by atoms with Crippen LogP contribution in [0.15, 0.2) is 66.4 Å². The molecule has 1 saturated heterocycles. The van der Waals surface area contributed by atoms with Gasteiger partial charge in [0.1, 0.15) is 24.7 Å². The quantitative estimate of drug-likeness (QED) is 0.278. The number of imide groups is 1. The van der Waals surface area contributed by atoms with Crippen molar-refractivity contribution in [2.45, 2.75) is 20.0 Å². The minimum Gasteiger partial charge on any atom is -0.486 e. The third kappa shape index (κ3) is 6.10. The molecule has 0 aromatic heterocycles. The fourth-order valence-electron chi connectivity index (χ4n) is 3.73. The van der Waals surface area contributed by atoms with Crippen molar-refractivity contribution >= 4 is 52.8 Å². The van der Waals surface area contributed by atoms with E-state index in [1.807, 2.05) is 19.1 Å². The summed E-state index contributed by atoms with van der Waals surface area (Å²) in [6.45, 7) is 1.42. The highest BCUT2D eigenvalue weighted by atomic mass is 35.5. The minimum atomic E-state index is -0.725.